The Kier molecular flexibility index (Phi) is 3.35. The maximum Gasteiger partial charge on any atom is 0.235 e. The van der Waals surface area contributed by atoms with Crippen LogP contribution in [-0.2, 0) is 14.4 Å². The molecule has 6 heteroatoms. The van der Waals surface area contributed by atoms with Crippen molar-refractivity contribution in [2.45, 2.75) is 13.3 Å². The normalized spacial score (nSPS) is 36.2. The number of amides is 3. The van der Waals surface area contributed by atoms with Crippen LogP contribution in [0.5, 0.6) is 0 Å². The lowest BCUT2D eigenvalue weighted by Crippen LogP contribution is -2.44. The van der Waals surface area contributed by atoms with Crippen LogP contribution in [0.2, 0.25) is 5.02 Å². The molecule has 2 bridgehead atoms. The minimum absolute atomic E-state index is 0.0709. The van der Waals surface area contributed by atoms with Crippen molar-refractivity contribution in [1.29, 1.82) is 0 Å². The van der Waals surface area contributed by atoms with Gasteiger partial charge >= 0.3 is 0 Å². The zero-order valence-corrected chi connectivity index (χ0v) is 15.1. The van der Waals surface area contributed by atoms with E-state index in [1.807, 2.05) is 0 Å². The van der Waals surface area contributed by atoms with Gasteiger partial charge in [-0.25, -0.2) is 0 Å². The average molecular weight is 371 g/mol. The standard InChI is InChI=1S/C20H19ClN2O3/c1-10(24)22(16-5-3-2-4-15(16)21)9-23-19(25)17-11-6-7-12(14-8-13(11)14)18(17)20(23)26/h2-7,11-14,17-18H,8-9H2,1H3/t11-,12-,13-,14+,17-,18+/m0/s1. The Labute approximate surface area is 156 Å². The summed E-state index contributed by atoms with van der Waals surface area (Å²) in [7, 11) is 0. The Hall–Kier alpha value is -2.14. The van der Waals surface area contributed by atoms with E-state index in [0.717, 1.165) is 6.42 Å². The van der Waals surface area contributed by atoms with E-state index in [1.54, 1.807) is 24.3 Å². The van der Waals surface area contributed by atoms with Crippen LogP contribution in [0.4, 0.5) is 5.69 Å². The molecule has 0 N–H and O–H groups in total. The number of para-hydroxylation sites is 1. The number of carbonyl (C=O) groups is 3. The number of allylic oxidation sites excluding steroid dienone is 2. The molecule has 1 aliphatic heterocycles. The highest BCUT2D eigenvalue weighted by Gasteiger charge is 2.67. The van der Waals surface area contributed by atoms with Crippen molar-refractivity contribution in [3.63, 3.8) is 0 Å². The quantitative estimate of drug-likeness (QED) is 0.607. The zero-order chi connectivity index (χ0) is 18.2. The molecular formula is C20H19ClN2O3. The molecule has 3 fully saturated rings. The SMILES string of the molecule is CC(=O)N(CN1C(=O)[C@@H]2[C@H]3C=C[C@@H]([C@@H]4C[C@H]34)[C@@H]2C1=O)c1ccccc1Cl. The highest BCUT2D eigenvalue weighted by atomic mass is 35.5. The predicted octanol–water partition coefficient (Wildman–Crippen LogP) is 2.70. The zero-order valence-electron chi connectivity index (χ0n) is 14.3. The number of hydrogen-bond donors (Lipinski definition) is 0. The van der Waals surface area contributed by atoms with Gasteiger partial charge in [-0.2, -0.15) is 0 Å². The Morgan fingerprint density at radius 3 is 2.23 bits per heavy atom. The summed E-state index contributed by atoms with van der Waals surface area (Å²) in [5.41, 5.74) is 0.515. The molecule has 0 radical (unpaired) electrons. The first-order valence-corrected chi connectivity index (χ1v) is 9.43. The molecule has 1 aromatic carbocycles. The third kappa shape index (κ3) is 2.07. The molecule has 2 saturated carbocycles. The van der Waals surface area contributed by atoms with Crippen LogP contribution in [0, 0.1) is 35.5 Å². The van der Waals surface area contributed by atoms with E-state index >= 15 is 0 Å². The van der Waals surface area contributed by atoms with Crippen LogP contribution in [0.3, 0.4) is 0 Å². The van der Waals surface area contributed by atoms with E-state index in [4.69, 9.17) is 11.6 Å². The maximum absolute atomic E-state index is 13.1. The summed E-state index contributed by atoms with van der Waals surface area (Å²) < 4.78 is 0. The molecule has 134 valence electrons. The van der Waals surface area contributed by atoms with Crippen LogP contribution in [0.25, 0.3) is 0 Å². The van der Waals surface area contributed by atoms with E-state index in [1.165, 1.54) is 16.7 Å². The van der Waals surface area contributed by atoms with Gasteiger partial charge in [0, 0.05) is 6.92 Å². The summed E-state index contributed by atoms with van der Waals surface area (Å²) >= 11 is 6.23. The molecule has 4 aliphatic carbocycles. The minimum atomic E-state index is -0.252. The van der Waals surface area contributed by atoms with Crippen LogP contribution >= 0.6 is 11.6 Å². The molecule has 1 saturated heterocycles. The fourth-order valence-corrected chi connectivity index (χ4v) is 5.55. The number of carbonyl (C=O) groups excluding carboxylic acids is 3. The number of anilines is 1. The van der Waals surface area contributed by atoms with E-state index in [0.29, 0.717) is 22.5 Å². The van der Waals surface area contributed by atoms with Gasteiger partial charge < -0.3 is 0 Å². The molecule has 1 heterocycles. The van der Waals surface area contributed by atoms with Crippen LogP contribution < -0.4 is 4.90 Å². The van der Waals surface area contributed by atoms with Crippen molar-refractivity contribution < 1.29 is 14.4 Å². The van der Waals surface area contributed by atoms with Gasteiger partial charge in [-0.1, -0.05) is 35.9 Å². The molecule has 6 atom stereocenters. The van der Waals surface area contributed by atoms with E-state index < -0.39 is 0 Å². The van der Waals surface area contributed by atoms with E-state index in [-0.39, 0.29) is 48.1 Å². The first-order valence-electron chi connectivity index (χ1n) is 9.05. The number of halogens is 1. The van der Waals surface area contributed by atoms with Gasteiger partial charge in [-0.3, -0.25) is 24.2 Å². The lowest BCUT2D eigenvalue weighted by Gasteiger charge is -2.37. The molecule has 3 amide bonds. The third-order valence-corrected chi connectivity index (χ3v) is 6.88. The van der Waals surface area contributed by atoms with Crippen LogP contribution in [-0.4, -0.2) is 29.3 Å². The fourth-order valence-electron chi connectivity index (χ4n) is 5.32. The van der Waals surface area contributed by atoms with Gasteiger partial charge in [-0.15, -0.1) is 0 Å². The molecular weight excluding hydrogens is 352 g/mol. The van der Waals surface area contributed by atoms with Gasteiger partial charge in [0.25, 0.3) is 0 Å². The van der Waals surface area contributed by atoms with Crippen molar-refractivity contribution in [3.8, 4) is 0 Å². The Bertz CT molecular complexity index is 830. The summed E-state index contributed by atoms with van der Waals surface area (Å²) in [6.45, 7) is 1.35. The summed E-state index contributed by atoms with van der Waals surface area (Å²) in [5, 5.41) is 0.419. The van der Waals surface area contributed by atoms with E-state index in [2.05, 4.69) is 12.2 Å². The molecule has 0 unspecified atom stereocenters. The van der Waals surface area contributed by atoms with E-state index in [9.17, 15) is 14.4 Å². The van der Waals surface area contributed by atoms with Crippen molar-refractivity contribution >= 4 is 35.0 Å². The second-order valence-corrected chi connectivity index (χ2v) is 8.21. The fraction of sp³-hybridized carbons (Fsp3) is 0.450. The number of nitrogens with zero attached hydrogens (tertiary/aromatic N) is 2. The largest absolute Gasteiger partial charge is 0.292 e. The Morgan fingerprint density at radius 1 is 1.12 bits per heavy atom. The smallest absolute Gasteiger partial charge is 0.235 e. The Morgan fingerprint density at radius 2 is 1.69 bits per heavy atom. The first kappa shape index (κ1) is 16.1. The monoisotopic (exact) mass is 370 g/mol. The molecule has 26 heavy (non-hydrogen) atoms. The lowest BCUT2D eigenvalue weighted by atomic mass is 9.63. The summed E-state index contributed by atoms with van der Waals surface area (Å²) in [6.07, 6.45) is 5.42. The van der Waals surface area contributed by atoms with Crippen molar-refractivity contribution in [3.05, 3.63) is 41.4 Å². The first-order chi connectivity index (χ1) is 12.5. The third-order valence-electron chi connectivity index (χ3n) is 6.56. The second kappa shape index (κ2) is 5.43. The molecule has 0 spiro atoms. The number of imide groups is 1. The predicted molar refractivity (Wildman–Crippen MR) is 96.0 cm³/mol. The van der Waals surface area contributed by atoms with Crippen molar-refractivity contribution in [2.75, 3.05) is 11.6 Å². The van der Waals surface area contributed by atoms with Crippen molar-refractivity contribution in [2.24, 2.45) is 35.5 Å². The van der Waals surface area contributed by atoms with Crippen LogP contribution in [0.15, 0.2) is 36.4 Å². The summed E-state index contributed by atoms with van der Waals surface area (Å²) in [5.74, 6) is 0.474. The Balaban J connectivity index is 1.46. The van der Waals surface area contributed by atoms with Gasteiger partial charge in [-0.05, 0) is 42.2 Å². The highest BCUT2D eigenvalue weighted by Crippen LogP contribution is 2.65. The average Bonchev–Trinajstić information content (AvgIpc) is 3.40. The number of likely N-dealkylation sites (tertiary alicyclic amines) is 1. The van der Waals surface area contributed by atoms with Crippen molar-refractivity contribution in [1.82, 2.24) is 4.90 Å². The topological polar surface area (TPSA) is 57.7 Å². The molecule has 6 rings (SSSR count). The molecule has 5 aliphatic rings. The summed E-state index contributed by atoms with van der Waals surface area (Å²) in [6, 6.07) is 6.98. The number of hydrogen-bond acceptors (Lipinski definition) is 3. The molecule has 0 aromatic heterocycles. The minimum Gasteiger partial charge on any atom is -0.292 e. The second-order valence-electron chi connectivity index (χ2n) is 7.80. The lowest BCUT2D eigenvalue weighted by molar-refractivity contribution is -0.140. The van der Waals surface area contributed by atoms with Gasteiger partial charge in [0.15, 0.2) is 0 Å². The maximum atomic E-state index is 13.1. The number of benzene rings is 1. The highest BCUT2D eigenvalue weighted by molar-refractivity contribution is 6.33. The molecule has 1 aromatic rings. The summed E-state index contributed by atoms with van der Waals surface area (Å²) in [4.78, 5) is 41.1. The number of rotatable bonds is 3. The van der Waals surface area contributed by atoms with Crippen LogP contribution in [0.1, 0.15) is 13.3 Å². The molecule has 5 nitrogen and oxygen atoms in total. The van der Waals surface area contributed by atoms with Gasteiger partial charge in [0.2, 0.25) is 17.7 Å². The van der Waals surface area contributed by atoms with Gasteiger partial charge in [0.05, 0.1) is 22.5 Å². The van der Waals surface area contributed by atoms with Gasteiger partial charge in [0.1, 0.15) is 6.67 Å².